The molecule has 0 bridgehead atoms. The maximum atomic E-state index is 9.26. The summed E-state index contributed by atoms with van der Waals surface area (Å²) in [7, 11) is 0. The van der Waals surface area contributed by atoms with Crippen molar-refractivity contribution in [1.82, 2.24) is 4.57 Å². The molecule has 2 N–H and O–H groups in total. The number of hydrogen-bond acceptors (Lipinski definition) is 3. The third-order valence-electron chi connectivity index (χ3n) is 5.03. The maximum Gasteiger partial charge on any atom is 0.122 e. The Bertz CT molecular complexity index is 535. The van der Waals surface area contributed by atoms with Gasteiger partial charge in [-0.25, -0.2) is 0 Å². The minimum absolute atomic E-state index is 0.0349. The molecule has 4 nitrogen and oxygen atoms in total. The van der Waals surface area contributed by atoms with Crippen LogP contribution in [-0.4, -0.2) is 16.8 Å². The molecule has 1 unspecified atom stereocenters. The molecule has 0 spiro atoms. The van der Waals surface area contributed by atoms with E-state index in [0.29, 0.717) is 17.4 Å². The van der Waals surface area contributed by atoms with Gasteiger partial charge in [0, 0.05) is 18.3 Å². The van der Waals surface area contributed by atoms with Gasteiger partial charge >= 0.3 is 0 Å². The largest absolute Gasteiger partial charge is 0.384 e. The highest BCUT2D eigenvalue weighted by atomic mass is 16.5. The van der Waals surface area contributed by atoms with Gasteiger partial charge in [-0.2, -0.15) is 5.26 Å². The van der Waals surface area contributed by atoms with Crippen molar-refractivity contribution in [3.63, 3.8) is 0 Å². The lowest BCUT2D eigenvalue weighted by atomic mass is 9.85. The second kappa shape index (κ2) is 5.49. The van der Waals surface area contributed by atoms with Crippen LogP contribution in [0.4, 0.5) is 5.82 Å². The van der Waals surface area contributed by atoms with Gasteiger partial charge in [-0.1, -0.05) is 13.8 Å². The molecule has 1 fully saturated rings. The van der Waals surface area contributed by atoms with Crippen LogP contribution in [0.25, 0.3) is 0 Å². The molecule has 1 atom stereocenters. The van der Waals surface area contributed by atoms with Gasteiger partial charge in [-0.15, -0.1) is 0 Å². The predicted molar refractivity (Wildman–Crippen MR) is 80.6 cm³/mol. The molecule has 1 saturated heterocycles. The molecule has 4 heteroatoms. The zero-order chi connectivity index (χ0) is 14.9. The number of nitriles is 1. The summed E-state index contributed by atoms with van der Waals surface area (Å²) in [5.41, 5.74) is 8.94. The lowest BCUT2D eigenvalue weighted by Crippen LogP contribution is -2.39. The molecular weight excluding hydrogens is 250 g/mol. The molecule has 1 aliphatic heterocycles. The van der Waals surface area contributed by atoms with E-state index in [4.69, 9.17) is 10.5 Å². The van der Waals surface area contributed by atoms with E-state index in [0.717, 1.165) is 43.5 Å². The molecule has 0 radical (unpaired) electrons. The summed E-state index contributed by atoms with van der Waals surface area (Å²) in [5, 5.41) is 9.26. The minimum Gasteiger partial charge on any atom is -0.384 e. The van der Waals surface area contributed by atoms with Crippen LogP contribution in [0.5, 0.6) is 0 Å². The molecule has 1 aliphatic rings. The number of nitrogens with two attached hydrogens (primary N) is 1. The summed E-state index contributed by atoms with van der Waals surface area (Å²) in [4.78, 5) is 0. The Morgan fingerprint density at radius 2 is 2.05 bits per heavy atom. The predicted octanol–water partition coefficient (Wildman–Crippen LogP) is 3.47. The first-order valence-corrected chi connectivity index (χ1v) is 7.50. The van der Waals surface area contributed by atoms with Crippen molar-refractivity contribution in [2.45, 2.75) is 65.0 Å². The van der Waals surface area contributed by atoms with Gasteiger partial charge in [0.1, 0.15) is 11.9 Å². The summed E-state index contributed by atoms with van der Waals surface area (Å²) in [6.45, 7) is 9.17. The first-order chi connectivity index (χ1) is 9.49. The number of nitrogen functional groups attached to an aromatic ring is 1. The van der Waals surface area contributed by atoms with Crippen molar-refractivity contribution in [1.29, 1.82) is 5.26 Å². The van der Waals surface area contributed by atoms with Crippen molar-refractivity contribution in [3.05, 3.63) is 16.8 Å². The molecule has 2 heterocycles. The van der Waals surface area contributed by atoms with Crippen LogP contribution in [0.2, 0.25) is 0 Å². The van der Waals surface area contributed by atoms with E-state index < -0.39 is 0 Å². The standard InChI is InChI=1S/C16H25N3O/c1-5-16(6-2)9-13(7-8-20-16)19-12(4)11(3)14(10-17)15(19)18/h13H,5-9,18H2,1-4H3. The Balaban J connectivity index is 2.40. The van der Waals surface area contributed by atoms with E-state index in [1.54, 1.807) is 0 Å². The van der Waals surface area contributed by atoms with E-state index in [-0.39, 0.29) is 5.60 Å². The van der Waals surface area contributed by atoms with Crippen LogP contribution in [-0.2, 0) is 4.74 Å². The summed E-state index contributed by atoms with van der Waals surface area (Å²) >= 11 is 0. The van der Waals surface area contributed by atoms with Crippen LogP contribution >= 0.6 is 0 Å². The second-order valence-electron chi connectivity index (χ2n) is 5.84. The van der Waals surface area contributed by atoms with Crippen molar-refractivity contribution in [3.8, 4) is 6.07 Å². The molecular formula is C16H25N3O. The van der Waals surface area contributed by atoms with Crippen molar-refractivity contribution in [2.75, 3.05) is 12.3 Å². The molecule has 1 aromatic rings. The van der Waals surface area contributed by atoms with E-state index in [2.05, 4.69) is 31.4 Å². The van der Waals surface area contributed by atoms with Crippen molar-refractivity contribution < 1.29 is 4.74 Å². The zero-order valence-electron chi connectivity index (χ0n) is 13.0. The van der Waals surface area contributed by atoms with E-state index >= 15 is 0 Å². The van der Waals surface area contributed by atoms with Gasteiger partial charge in [-0.3, -0.25) is 0 Å². The van der Waals surface area contributed by atoms with Crippen LogP contribution in [0, 0.1) is 25.2 Å². The van der Waals surface area contributed by atoms with Gasteiger partial charge in [0.05, 0.1) is 11.2 Å². The average Bonchev–Trinajstić information content (AvgIpc) is 2.69. The molecule has 0 amide bonds. The molecule has 110 valence electrons. The number of aromatic nitrogens is 1. The Hall–Kier alpha value is -1.47. The SMILES string of the molecule is CCC1(CC)CC(n2c(C)c(C)c(C#N)c2N)CCO1. The fourth-order valence-electron chi connectivity index (χ4n) is 3.43. The third kappa shape index (κ3) is 2.20. The fourth-order valence-corrected chi connectivity index (χ4v) is 3.43. The highest BCUT2D eigenvalue weighted by Crippen LogP contribution is 2.40. The van der Waals surface area contributed by atoms with E-state index in [9.17, 15) is 5.26 Å². The number of nitrogens with zero attached hydrogens (tertiary/aromatic N) is 2. The van der Waals surface area contributed by atoms with Crippen LogP contribution in [0.1, 0.15) is 62.4 Å². The minimum atomic E-state index is -0.0349. The molecule has 0 aliphatic carbocycles. The molecule has 20 heavy (non-hydrogen) atoms. The van der Waals surface area contributed by atoms with Crippen molar-refractivity contribution in [2.24, 2.45) is 0 Å². The Labute approximate surface area is 121 Å². The second-order valence-corrected chi connectivity index (χ2v) is 5.84. The summed E-state index contributed by atoms with van der Waals surface area (Å²) in [5.74, 6) is 0.621. The van der Waals surface area contributed by atoms with Gasteiger partial charge in [-0.05, 0) is 45.1 Å². The Morgan fingerprint density at radius 1 is 1.40 bits per heavy atom. The van der Waals surface area contributed by atoms with Crippen LogP contribution in [0.15, 0.2) is 0 Å². The number of ether oxygens (including phenoxy) is 1. The van der Waals surface area contributed by atoms with Gasteiger partial charge in [0.2, 0.25) is 0 Å². The number of hydrogen-bond donors (Lipinski definition) is 1. The first kappa shape index (κ1) is 14.9. The topological polar surface area (TPSA) is 64.0 Å². The first-order valence-electron chi connectivity index (χ1n) is 7.50. The number of anilines is 1. The maximum absolute atomic E-state index is 9.26. The smallest absolute Gasteiger partial charge is 0.122 e. The van der Waals surface area contributed by atoms with Crippen molar-refractivity contribution >= 4 is 5.82 Å². The molecule has 1 aromatic heterocycles. The van der Waals surface area contributed by atoms with Gasteiger partial charge < -0.3 is 15.0 Å². The number of rotatable bonds is 3. The van der Waals surface area contributed by atoms with Crippen LogP contribution < -0.4 is 5.73 Å². The summed E-state index contributed by atoms with van der Waals surface area (Å²) < 4.78 is 8.20. The lowest BCUT2D eigenvalue weighted by Gasteiger charge is -2.41. The molecule has 0 aromatic carbocycles. The van der Waals surface area contributed by atoms with E-state index in [1.165, 1.54) is 0 Å². The summed E-state index contributed by atoms with van der Waals surface area (Å²) in [6, 6.07) is 2.57. The summed E-state index contributed by atoms with van der Waals surface area (Å²) in [6.07, 6.45) is 3.98. The van der Waals surface area contributed by atoms with E-state index in [1.807, 2.05) is 6.92 Å². The molecule has 0 saturated carbocycles. The van der Waals surface area contributed by atoms with Gasteiger partial charge in [0.25, 0.3) is 0 Å². The highest BCUT2D eigenvalue weighted by molar-refractivity contribution is 5.58. The highest BCUT2D eigenvalue weighted by Gasteiger charge is 2.36. The quantitative estimate of drug-likeness (QED) is 0.918. The van der Waals surface area contributed by atoms with Crippen LogP contribution in [0.3, 0.4) is 0 Å². The Kier molecular flexibility index (Phi) is 4.10. The monoisotopic (exact) mass is 275 g/mol. The third-order valence-corrected chi connectivity index (χ3v) is 5.03. The Morgan fingerprint density at radius 3 is 2.55 bits per heavy atom. The fraction of sp³-hybridized carbons (Fsp3) is 0.688. The van der Waals surface area contributed by atoms with Gasteiger partial charge in [0.15, 0.2) is 0 Å². The normalized spacial score (nSPS) is 21.6. The lowest BCUT2D eigenvalue weighted by molar-refractivity contribution is -0.0986. The molecule has 2 rings (SSSR count). The average molecular weight is 275 g/mol. The zero-order valence-corrected chi connectivity index (χ0v) is 13.0.